The lowest BCUT2D eigenvalue weighted by Crippen LogP contribution is -2.62. The van der Waals surface area contributed by atoms with Crippen LogP contribution in [0.5, 0.6) is 11.5 Å². The van der Waals surface area contributed by atoms with Crippen LogP contribution < -0.4 is 14.8 Å². The number of piperazine rings is 1. The second kappa shape index (κ2) is 17.0. The number of carboxylic acids is 1. The fourth-order valence-corrected chi connectivity index (χ4v) is 7.49. The van der Waals surface area contributed by atoms with Gasteiger partial charge in [0, 0.05) is 56.7 Å². The predicted octanol–water partition coefficient (Wildman–Crippen LogP) is 5.72. The number of aliphatic hydroxyl groups is 1. The number of aliphatic hydroxyl groups excluding tert-OH is 1. The van der Waals surface area contributed by atoms with E-state index in [1.54, 1.807) is 4.90 Å². The minimum atomic E-state index is -0.918. The van der Waals surface area contributed by atoms with Crippen molar-refractivity contribution in [3.63, 3.8) is 0 Å². The molecule has 3 aromatic rings. The number of aliphatic carboxylic acids is 1. The SMILES string of the molecule is Cc1cc(Cl)c(OCCOc2ccc(C3=C(C(=O)N(Cc4ccccc4CCO)C4CC4)[C@H]4CN(C(=O)CCCC(=O)O)C[C@@H](C3)N4)cc2)cc1C. The number of rotatable bonds is 16. The largest absolute Gasteiger partial charge is 0.490 e. The molecule has 2 fully saturated rings. The molecule has 0 unspecified atom stereocenters. The first-order valence-electron chi connectivity index (χ1n) is 18.2. The minimum absolute atomic E-state index is 0.0287. The first kappa shape index (κ1) is 37.4. The summed E-state index contributed by atoms with van der Waals surface area (Å²) in [4.78, 5) is 42.9. The summed E-state index contributed by atoms with van der Waals surface area (Å²) in [6.45, 7) is 5.96. The van der Waals surface area contributed by atoms with Gasteiger partial charge in [0.05, 0.1) is 11.1 Å². The Morgan fingerprint density at radius 3 is 2.37 bits per heavy atom. The summed E-state index contributed by atoms with van der Waals surface area (Å²) in [5, 5.41) is 23.0. The molecular formula is C41H48ClN3O7. The molecule has 0 aromatic heterocycles. The highest BCUT2D eigenvalue weighted by Gasteiger charge is 2.43. The number of carbonyl (C=O) groups excluding carboxylic acids is 2. The lowest BCUT2D eigenvalue weighted by atomic mass is 9.82. The van der Waals surface area contributed by atoms with E-state index in [4.69, 9.17) is 26.2 Å². The van der Waals surface area contributed by atoms with Crippen LogP contribution in [-0.2, 0) is 27.3 Å². The lowest BCUT2D eigenvalue weighted by Gasteiger charge is -2.45. The molecule has 2 heterocycles. The number of halogens is 1. The topological polar surface area (TPSA) is 129 Å². The highest BCUT2D eigenvalue weighted by molar-refractivity contribution is 6.32. The van der Waals surface area contributed by atoms with E-state index in [9.17, 15) is 19.5 Å². The van der Waals surface area contributed by atoms with Gasteiger partial charge in [0.25, 0.3) is 5.91 Å². The zero-order chi connectivity index (χ0) is 36.8. The maximum absolute atomic E-state index is 14.8. The molecule has 0 spiro atoms. The van der Waals surface area contributed by atoms with Crippen LogP contribution in [0.4, 0.5) is 0 Å². The first-order valence-corrected chi connectivity index (χ1v) is 18.6. The molecule has 3 aliphatic rings. The molecule has 0 radical (unpaired) electrons. The van der Waals surface area contributed by atoms with E-state index in [-0.39, 0.29) is 55.8 Å². The molecule has 10 nitrogen and oxygen atoms in total. The standard InChI is InChI=1S/C41H48ClN3O7/c1-26-20-35(42)37(21-27(26)2)52-19-18-51-33-14-10-29(11-15-33)34-22-31-24-44(38(47)8-5-9-39(48)49)25-36(43-31)40(34)41(50)45(32-12-13-32)23-30-7-4-3-6-28(30)16-17-46/h3-4,6-7,10-11,14-15,20-21,31-32,36,43,46H,5,8-9,12-13,16-19,22-25H2,1-2H3,(H,48,49)/t31-,36-/m1/s1. The molecule has 1 saturated carbocycles. The third-order valence-electron chi connectivity index (χ3n) is 10.2. The molecule has 2 atom stereocenters. The number of carbonyl (C=O) groups is 3. The summed E-state index contributed by atoms with van der Waals surface area (Å²) < 4.78 is 11.9. The van der Waals surface area contributed by atoms with Crippen molar-refractivity contribution < 1.29 is 34.1 Å². The number of nitrogens with one attached hydrogen (secondary N) is 1. The summed E-state index contributed by atoms with van der Waals surface area (Å²) in [5.41, 5.74) is 6.81. The zero-order valence-electron chi connectivity index (χ0n) is 29.9. The van der Waals surface area contributed by atoms with Crippen LogP contribution in [0.25, 0.3) is 5.57 Å². The first-order chi connectivity index (χ1) is 25.1. The Balaban J connectivity index is 1.23. The number of fused-ring (bicyclic) bond motifs is 2. The van der Waals surface area contributed by atoms with Gasteiger partial charge in [-0.15, -0.1) is 0 Å². The molecule has 2 bridgehead atoms. The van der Waals surface area contributed by atoms with Crippen molar-refractivity contribution in [2.45, 2.75) is 83.5 Å². The van der Waals surface area contributed by atoms with E-state index in [1.165, 1.54) is 0 Å². The van der Waals surface area contributed by atoms with Crippen molar-refractivity contribution in [1.82, 2.24) is 15.1 Å². The zero-order valence-corrected chi connectivity index (χ0v) is 30.7. The smallest absolute Gasteiger partial charge is 0.303 e. The number of nitrogens with zero attached hydrogens (tertiary/aromatic N) is 2. The number of ether oxygens (including phenoxy) is 2. The summed E-state index contributed by atoms with van der Waals surface area (Å²) in [6.07, 6.45) is 3.31. The van der Waals surface area contributed by atoms with Crippen molar-refractivity contribution in [3.8, 4) is 11.5 Å². The number of amides is 2. The van der Waals surface area contributed by atoms with Gasteiger partial charge in [0.1, 0.15) is 24.7 Å². The van der Waals surface area contributed by atoms with Crippen molar-refractivity contribution >= 4 is 35.0 Å². The van der Waals surface area contributed by atoms with E-state index in [0.29, 0.717) is 67.8 Å². The average molecular weight is 730 g/mol. The van der Waals surface area contributed by atoms with E-state index in [1.807, 2.05) is 79.4 Å². The van der Waals surface area contributed by atoms with Crippen LogP contribution in [0.3, 0.4) is 0 Å². The number of carboxylic acid groups (broad SMARTS) is 1. The monoisotopic (exact) mass is 729 g/mol. The maximum atomic E-state index is 14.8. The second-order valence-electron chi connectivity index (χ2n) is 14.1. The summed E-state index contributed by atoms with van der Waals surface area (Å²) in [6, 6.07) is 19.3. The molecular weight excluding hydrogens is 682 g/mol. The van der Waals surface area contributed by atoms with E-state index in [0.717, 1.165) is 46.2 Å². The van der Waals surface area contributed by atoms with Gasteiger partial charge < -0.3 is 34.8 Å². The molecule has 2 aliphatic heterocycles. The van der Waals surface area contributed by atoms with Gasteiger partial charge in [-0.05, 0) is 104 Å². The highest BCUT2D eigenvalue weighted by atomic mass is 35.5. The Hall–Kier alpha value is -4.38. The van der Waals surface area contributed by atoms with Crippen LogP contribution in [0, 0.1) is 13.8 Å². The summed E-state index contributed by atoms with van der Waals surface area (Å²) in [7, 11) is 0. The van der Waals surface area contributed by atoms with Crippen molar-refractivity contribution in [1.29, 1.82) is 0 Å². The molecule has 3 aromatic carbocycles. The van der Waals surface area contributed by atoms with Gasteiger partial charge in [-0.3, -0.25) is 14.4 Å². The maximum Gasteiger partial charge on any atom is 0.303 e. The van der Waals surface area contributed by atoms with Crippen LogP contribution in [0.1, 0.15) is 66.3 Å². The van der Waals surface area contributed by atoms with Gasteiger partial charge in [0.2, 0.25) is 5.91 Å². The Kier molecular flexibility index (Phi) is 12.2. The molecule has 1 saturated heterocycles. The Morgan fingerprint density at radius 2 is 1.65 bits per heavy atom. The Morgan fingerprint density at radius 1 is 0.942 bits per heavy atom. The van der Waals surface area contributed by atoms with Crippen LogP contribution in [0.15, 0.2) is 66.2 Å². The Bertz CT molecular complexity index is 1810. The summed E-state index contributed by atoms with van der Waals surface area (Å²) >= 11 is 6.36. The fourth-order valence-electron chi connectivity index (χ4n) is 7.22. The van der Waals surface area contributed by atoms with Crippen molar-refractivity contribution in [2.24, 2.45) is 0 Å². The van der Waals surface area contributed by atoms with E-state index in [2.05, 4.69) is 5.32 Å². The number of aryl methyl sites for hydroxylation is 2. The van der Waals surface area contributed by atoms with Gasteiger partial charge in [-0.25, -0.2) is 0 Å². The fraction of sp³-hybridized carbons (Fsp3) is 0.439. The highest BCUT2D eigenvalue weighted by Crippen LogP contribution is 2.38. The van der Waals surface area contributed by atoms with Gasteiger partial charge in [-0.2, -0.15) is 0 Å². The number of benzene rings is 3. The van der Waals surface area contributed by atoms with Gasteiger partial charge >= 0.3 is 5.97 Å². The lowest BCUT2D eigenvalue weighted by molar-refractivity contribution is -0.138. The van der Waals surface area contributed by atoms with Gasteiger partial charge in [-0.1, -0.05) is 48.0 Å². The van der Waals surface area contributed by atoms with E-state index >= 15 is 0 Å². The Labute approximate surface area is 310 Å². The third-order valence-corrected chi connectivity index (χ3v) is 10.5. The molecule has 1 aliphatic carbocycles. The molecule has 6 rings (SSSR count). The van der Waals surface area contributed by atoms with Gasteiger partial charge in [0.15, 0.2) is 0 Å². The predicted molar refractivity (Wildman–Crippen MR) is 199 cm³/mol. The van der Waals surface area contributed by atoms with Crippen molar-refractivity contribution in [2.75, 3.05) is 32.9 Å². The van der Waals surface area contributed by atoms with Crippen molar-refractivity contribution in [3.05, 3.63) is 99.1 Å². The molecule has 52 heavy (non-hydrogen) atoms. The van der Waals surface area contributed by atoms with Crippen LogP contribution in [-0.4, -0.2) is 88.8 Å². The normalized spacial score (nSPS) is 18.3. The number of hydrogen-bond donors (Lipinski definition) is 3. The molecule has 3 N–H and O–H groups in total. The third kappa shape index (κ3) is 9.15. The molecule has 276 valence electrons. The molecule has 2 amide bonds. The minimum Gasteiger partial charge on any atom is -0.490 e. The van der Waals surface area contributed by atoms with Crippen LogP contribution >= 0.6 is 11.6 Å². The molecule has 11 heteroatoms. The van der Waals surface area contributed by atoms with Crippen LogP contribution in [0.2, 0.25) is 5.02 Å². The van der Waals surface area contributed by atoms with E-state index < -0.39 is 5.97 Å². The average Bonchev–Trinajstić information content (AvgIpc) is 3.97. The number of hydrogen-bond acceptors (Lipinski definition) is 7. The second-order valence-corrected chi connectivity index (χ2v) is 14.5. The summed E-state index contributed by atoms with van der Waals surface area (Å²) in [5.74, 6) is 0.254. The quantitative estimate of drug-likeness (QED) is 0.160.